The lowest BCUT2D eigenvalue weighted by molar-refractivity contribution is -0.268. The Morgan fingerprint density at radius 3 is 2.80 bits per heavy atom. The number of tetrazole rings is 1. The molecule has 1 aromatic carbocycles. The standard InChI is InChI=1S/C12H17N7O/c1-3-19(4-2)10-6-5-9(11(20)7-10)8-13-14-12-15-17-18-16-12/h5-8,20H,3-4H2,1-2H3,(H2,14,15,16,17,18)/p-1/b13-8-. The van der Waals surface area contributed by atoms with E-state index in [1.165, 1.54) is 6.21 Å². The number of hydrogen-bond acceptors (Lipinski definition) is 7. The second-order valence-electron chi connectivity index (χ2n) is 4.00. The van der Waals surface area contributed by atoms with E-state index in [9.17, 15) is 5.11 Å². The average molecular weight is 274 g/mol. The number of nitrogens with one attached hydrogen (secondary N) is 2. The van der Waals surface area contributed by atoms with Crippen molar-refractivity contribution in [2.75, 3.05) is 23.4 Å². The molecular formula is C12H16N7O-. The molecule has 0 bridgehead atoms. The Balaban J connectivity index is 2.07. The van der Waals surface area contributed by atoms with E-state index in [4.69, 9.17) is 0 Å². The van der Waals surface area contributed by atoms with Crippen LogP contribution in [0.25, 0.3) is 0 Å². The monoisotopic (exact) mass is 274 g/mol. The normalized spacial score (nSPS) is 10.9. The van der Waals surface area contributed by atoms with E-state index in [1.807, 2.05) is 6.07 Å². The number of aromatic nitrogens is 4. The quantitative estimate of drug-likeness (QED) is 0.589. The molecule has 2 rings (SSSR count). The zero-order valence-corrected chi connectivity index (χ0v) is 11.4. The van der Waals surface area contributed by atoms with Crippen molar-refractivity contribution >= 4 is 17.9 Å². The van der Waals surface area contributed by atoms with Crippen molar-refractivity contribution < 1.29 is 5.11 Å². The predicted octanol–water partition coefficient (Wildman–Crippen LogP) is 0.565. The summed E-state index contributed by atoms with van der Waals surface area (Å²) in [6.07, 6.45) is 1.44. The van der Waals surface area contributed by atoms with Gasteiger partial charge in [-0.15, -0.1) is 5.10 Å². The van der Waals surface area contributed by atoms with Crippen LogP contribution >= 0.6 is 0 Å². The second-order valence-corrected chi connectivity index (χ2v) is 4.00. The van der Waals surface area contributed by atoms with Crippen molar-refractivity contribution in [3.63, 3.8) is 0 Å². The van der Waals surface area contributed by atoms with E-state index >= 15 is 0 Å². The summed E-state index contributed by atoms with van der Waals surface area (Å²) in [6, 6.07) is 5.27. The van der Waals surface area contributed by atoms with Crippen molar-refractivity contribution in [3.05, 3.63) is 23.8 Å². The second kappa shape index (κ2) is 6.50. The minimum absolute atomic E-state index is 0.0759. The molecule has 1 heterocycles. The van der Waals surface area contributed by atoms with Gasteiger partial charge in [-0.3, -0.25) is 0 Å². The third kappa shape index (κ3) is 3.22. The number of benzene rings is 1. The third-order valence-electron chi connectivity index (χ3n) is 2.84. The summed E-state index contributed by atoms with van der Waals surface area (Å²) in [5, 5.41) is 28.9. The maximum Gasteiger partial charge on any atom is 0.283 e. The predicted molar refractivity (Wildman–Crippen MR) is 74.8 cm³/mol. The molecule has 20 heavy (non-hydrogen) atoms. The summed E-state index contributed by atoms with van der Waals surface area (Å²) in [7, 11) is 0. The highest BCUT2D eigenvalue weighted by Gasteiger charge is 2.01. The molecule has 2 aromatic rings. The van der Waals surface area contributed by atoms with Gasteiger partial charge in [-0.05, 0) is 36.8 Å². The third-order valence-corrected chi connectivity index (χ3v) is 2.84. The highest BCUT2D eigenvalue weighted by molar-refractivity contribution is 5.84. The molecule has 0 spiro atoms. The first-order chi connectivity index (χ1) is 9.74. The lowest BCUT2D eigenvalue weighted by Crippen LogP contribution is -2.21. The van der Waals surface area contributed by atoms with Gasteiger partial charge in [0.2, 0.25) is 0 Å². The molecule has 2 N–H and O–H groups in total. The van der Waals surface area contributed by atoms with Gasteiger partial charge in [-0.2, -0.15) is 10.3 Å². The van der Waals surface area contributed by atoms with Crippen LogP contribution in [0.3, 0.4) is 0 Å². The van der Waals surface area contributed by atoms with E-state index in [1.54, 1.807) is 12.1 Å². The van der Waals surface area contributed by atoms with Crippen molar-refractivity contribution in [2.24, 2.45) is 5.10 Å². The maximum atomic E-state index is 12.0. The lowest BCUT2D eigenvalue weighted by Gasteiger charge is -2.23. The molecule has 1 aromatic heterocycles. The molecule has 8 heteroatoms. The number of aromatic amines is 1. The molecule has 0 unspecified atom stereocenters. The van der Waals surface area contributed by atoms with Crippen LogP contribution in [0.2, 0.25) is 0 Å². The van der Waals surface area contributed by atoms with Gasteiger partial charge in [-0.25, -0.2) is 5.43 Å². The fourth-order valence-corrected chi connectivity index (χ4v) is 1.78. The molecule has 0 fully saturated rings. The zero-order valence-electron chi connectivity index (χ0n) is 11.4. The van der Waals surface area contributed by atoms with Crippen molar-refractivity contribution in [1.82, 2.24) is 20.6 Å². The zero-order chi connectivity index (χ0) is 14.4. The van der Waals surface area contributed by atoms with E-state index in [0.29, 0.717) is 5.56 Å². The lowest BCUT2D eigenvalue weighted by atomic mass is 10.2. The molecule has 0 aliphatic rings. The summed E-state index contributed by atoms with van der Waals surface area (Å²) in [5.41, 5.74) is 3.98. The Labute approximate surface area is 116 Å². The van der Waals surface area contributed by atoms with E-state index in [0.717, 1.165) is 18.8 Å². The van der Waals surface area contributed by atoms with Gasteiger partial charge in [0.1, 0.15) is 0 Å². The largest absolute Gasteiger partial charge is 0.872 e. The number of anilines is 2. The summed E-state index contributed by atoms with van der Waals surface area (Å²) in [6.45, 7) is 5.84. The van der Waals surface area contributed by atoms with E-state index in [-0.39, 0.29) is 11.7 Å². The molecule has 0 saturated heterocycles. The van der Waals surface area contributed by atoms with Gasteiger partial charge in [-0.1, -0.05) is 16.9 Å². The Morgan fingerprint density at radius 1 is 1.40 bits per heavy atom. The van der Waals surface area contributed by atoms with Gasteiger partial charge in [0.15, 0.2) is 0 Å². The molecule has 8 nitrogen and oxygen atoms in total. The number of rotatable bonds is 6. The van der Waals surface area contributed by atoms with Gasteiger partial charge < -0.3 is 10.0 Å². The van der Waals surface area contributed by atoms with E-state index in [2.05, 4.69) is 49.9 Å². The molecule has 0 atom stereocenters. The minimum Gasteiger partial charge on any atom is -0.872 e. The summed E-state index contributed by atoms with van der Waals surface area (Å²) in [5.74, 6) is 0.168. The fourth-order valence-electron chi connectivity index (χ4n) is 1.78. The van der Waals surface area contributed by atoms with Gasteiger partial charge in [0, 0.05) is 18.8 Å². The molecule has 0 radical (unpaired) electrons. The molecule has 0 aliphatic heterocycles. The first-order valence-electron chi connectivity index (χ1n) is 6.33. The van der Waals surface area contributed by atoms with Gasteiger partial charge in [0.25, 0.3) is 5.95 Å². The summed E-state index contributed by atoms with van der Waals surface area (Å²) >= 11 is 0. The SMILES string of the molecule is CCN(CC)c1ccc(/C=N\Nc2nn[nH]n2)c([O-])c1. The Morgan fingerprint density at radius 2 is 2.20 bits per heavy atom. The molecular weight excluding hydrogens is 258 g/mol. The van der Waals surface area contributed by atoms with Gasteiger partial charge in [0.05, 0.1) is 6.21 Å². The van der Waals surface area contributed by atoms with Crippen LogP contribution in [0, 0.1) is 0 Å². The highest BCUT2D eigenvalue weighted by Crippen LogP contribution is 2.21. The van der Waals surface area contributed by atoms with Crippen LogP contribution in [0.5, 0.6) is 5.75 Å². The van der Waals surface area contributed by atoms with Gasteiger partial charge >= 0.3 is 0 Å². The van der Waals surface area contributed by atoms with Crippen LogP contribution in [0.15, 0.2) is 23.3 Å². The van der Waals surface area contributed by atoms with Crippen LogP contribution in [-0.2, 0) is 0 Å². The Kier molecular flexibility index (Phi) is 4.48. The average Bonchev–Trinajstić information content (AvgIpc) is 2.96. The molecule has 0 aliphatic carbocycles. The summed E-state index contributed by atoms with van der Waals surface area (Å²) in [4.78, 5) is 2.11. The Bertz CT molecular complexity index is 563. The maximum absolute atomic E-state index is 12.0. The molecule has 0 amide bonds. The molecule has 106 valence electrons. The first kappa shape index (κ1) is 13.8. The topological polar surface area (TPSA) is 105 Å². The highest BCUT2D eigenvalue weighted by atomic mass is 16.3. The van der Waals surface area contributed by atoms with Crippen molar-refractivity contribution in [1.29, 1.82) is 0 Å². The summed E-state index contributed by atoms with van der Waals surface area (Å²) < 4.78 is 0. The minimum atomic E-state index is -0.0759. The van der Waals surface area contributed by atoms with Crippen LogP contribution in [0.4, 0.5) is 11.6 Å². The molecule has 0 saturated carbocycles. The van der Waals surface area contributed by atoms with Crippen molar-refractivity contribution in [3.8, 4) is 5.75 Å². The van der Waals surface area contributed by atoms with Crippen LogP contribution < -0.4 is 15.4 Å². The number of nitrogens with zero attached hydrogens (tertiary/aromatic N) is 5. The number of hydrogen-bond donors (Lipinski definition) is 2. The van der Waals surface area contributed by atoms with E-state index < -0.39 is 0 Å². The fraction of sp³-hybridized carbons (Fsp3) is 0.333. The van der Waals surface area contributed by atoms with Crippen LogP contribution in [0.1, 0.15) is 19.4 Å². The number of hydrazone groups is 1. The smallest absolute Gasteiger partial charge is 0.283 e. The van der Waals surface area contributed by atoms with Crippen molar-refractivity contribution in [2.45, 2.75) is 13.8 Å². The van der Waals surface area contributed by atoms with Crippen LogP contribution in [-0.4, -0.2) is 39.9 Å². The number of H-pyrrole nitrogens is 1. The Hall–Kier alpha value is -2.64. The first-order valence-corrected chi connectivity index (χ1v) is 6.33.